The number of nitro benzene ring substituents is 1. The summed E-state index contributed by atoms with van der Waals surface area (Å²) in [5.74, 6) is 0. The highest BCUT2D eigenvalue weighted by Gasteiger charge is 2.13. The molecule has 5 nitrogen and oxygen atoms in total. The van der Waals surface area contributed by atoms with Crippen LogP contribution in [0.2, 0.25) is 5.02 Å². The number of hydrogen-bond acceptors (Lipinski definition) is 4. The number of halogens is 1. The van der Waals surface area contributed by atoms with Gasteiger partial charge in [0.15, 0.2) is 0 Å². The van der Waals surface area contributed by atoms with E-state index in [1.54, 1.807) is 18.2 Å². The number of nitrogens with zero attached hydrogens (tertiary/aromatic N) is 2. The number of rotatable bonds is 4. The quantitative estimate of drug-likeness (QED) is 0.686. The molecule has 2 aromatic rings. The Morgan fingerprint density at radius 1 is 1.30 bits per heavy atom. The van der Waals surface area contributed by atoms with Crippen molar-refractivity contribution in [1.82, 2.24) is 0 Å². The molecule has 6 heteroatoms. The third-order valence-electron chi connectivity index (χ3n) is 2.69. The van der Waals surface area contributed by atoms with Crippen LogP contribution < -0.4 is 5.32 Å². The summed E-state index contributed by atoms with van der Waals surface area (Å²) in [5.41, 5.74) is 1.72. The minimum absolute atomic E-state index is 0.0363. The molecule has 0 unspecified atom stereocenters. The Balaban J connectivity index is 2.20. The summed E-state index contributed by atoms with van der Waals surface area (Å²) in [6.45, 7) is 0.372. The normalized spacial score (nSPS) is 9.80. The molecule has 0 atom stereocenters. The summed E-state index contributed by atoms with van der Waals surface area (Å²) in [6.07, 6.45) is 0. The van der Waals surface area contributed by atoms with Crippen molar-refractivity contribution in [1.29, 1.82) is 5.26 Å². The van der Waals surface area contributed by atoms with Gasteiger partial charge in [0, 0.05) is 17.6 Å². The molecule has 0 radical (unpaired) electrons. The van der Waals surface area contributed by atoms with Crippen molar-refractivity contribution in [2.45, 2.75) is 6.54 Å². The number of benzene rings is 2. The predicted octanol–water partition coefficient (Wildman–Crippen LogP) is 3.73. The van der Waals surface area contributed by atoms with E-state index in [4.69, 9.17) is 16.9 Å². The maximum Gasteiger partial charge on any atom is 0.292 e. The van der Waals surface area contributed by atoms with Crippen molar-refractivity contribution in [3.05, 3.63) is 68.7 Å². The number of nitrogens with one attached hydrogen (secondary N) is 1. The molecule has 0 amide bonds. The van der Waals surface area contributed by atoms with E-state index in [0.717, 1.165) is 5.56 Å². The number of nitro groups is 1. The van der Waals surface area contributed by atoms with Crippen molar-refractivity contribution in [3.63, 3.8) is 0 Å². The van der Waals surface area contributed by atoms with Gasteiger partial charge in [-0.1, -0.05) is 23.7 Å². The highest BCUT2D eigenvalue weighted by Crippen LogP contribution is 2.28. The summed E-state index contributed by atoms with van der Waals surface area (Å²) in [4.78, 5) is 10.5. The third-order valence-corrected chi connectivity index (χ3v) is 2.93. The number of nitriles is 1. The van der Waals surface area contributed by atoms with Crippen LogP contribution in [0, 0.1) is 21.4 Å². The standard InChI is InChI=1S/C14H10ClN3O2/c15-12-4-5-14(18(19)20)13(7-12)17-9-11-3-1-2-10(6-11)8-16/h1-7,17H,9H2. The van der Waals surface area contributed by atoms with Crippen molar-refractivity contribution >= 4 is 23.0 Å². The molecule has 0 heterocycles. The fourth-order valence-electron chi connectivity index (χ4n) is 1.76. The van der Waals surface area contributed by atoms with Gasteiger partial charge < -0.3 is 5.32 Å². The molecule has 1 N–H and O–H groups in total. The van der Waals surface area contributed by atoms with Crippen molar-refractivity contribution in [2.75, 3.05) is 5.32 Å². The molecule has 0 spiro atoms. The summed E-state index contributed by atoms with van der Waals surface area (Å²) in [7, 11) is 0. The van der Waals surface area contributed by atoms with E-state index in [1.807, 2.05) is 12.1 Å². The zero-order chi connectivity index (χ0) is 14.5. The highest BCUT2D eigenvalue weighted by molar-refractivity contribution is 6.31. The molecule has 0 fully saturated rings. The Morgan fingerprint density at radius 2 is 2.10 bits per heavy atom. The molecule has 0 saturated heterocycles. The first-order chi connectivity index (χ1) is 9.60. The highest BCUT2D eigenvalue weighted by atomic mass is 35.5. The van der Waals surface area contributed by atoms with Gasteiger partial charge in [0.25, 0.3) is 5.69 Å². The van der Waals surface area contributed by atoms with E-state index in [9.17, 15) is 10.1 Å². The Morgan fingerprint density at radius 3 is 2.80 bits per heavy atom. The van der Waals surface area contributed by atoms with E-state index in [-0.39, 0.29) is 5.69 Å². The van der Waals surface area contributed by atoms with Gasteiger partial charge in [0.1, 0.15) is 5.69 Å². The summed E-state index contributed by atoms with van der Waals surface area (Å²) < 4.78 is 0. The Hall–Kier alpha value is -2.58. The van der Waals surface area contributed by atoms with Crippen LogP contribution >= 0.6 is 11.6 Å². The summed E-state index contributed by atoms with van der Waals surface area (Å²) in [6, 6.07) is 13.4. The van der Waals surface area contributed by atoms with Gasteiger partial charge in [0.2, 0.25) is 0 Å². The van der Waals surface area contributed by atoms with E-state index >= 15 is 0 Å². The predicted molar refractivity (Wildman–Crippen MR) is 76.6 cm³/mol. The van der Waals surface area contributed by atoms with Crippen LogP contribution in [0.25, 0.3) is 0 Å². The lowest BCUT2D eigenvalue weighted by Gasteiger charge is -2.08. The average molecular weight is 288 g/mol. The molecular formula is C14H10ClN3O2. The topological polar surface area (TPSA) is 79.0 Å². The number of anilines is 1. The Bertz CT molecular complexity index is 695. The molecular weight excluding hydrogens is 278 g/mol. The fourth-order valence-corrected chi connectivity index (χ4v) is 1.93. The number of hydrogen-bond donors (Lipinski definition) is 1. The van der Waals surface area contributed by atoms with Crippen LogP contribution in [-0.2, 0) is 6.54 Å². The van der Waals surface area contributed by atoms with Gasteiger partial charge in [-0.2, -0.15) is 5.26 Å². The molecule has 2 rings (SSSR count). The van der Waals surface area contributed by atoms with Crippen molar-refractivity contribution in [2.24, 2.45) is 0 Å². The van der Waals surface area contributed by atoms with Crippen LogP contribution in [-0.4, -0.2) is 4.92 Å². The van der Waals surface area contributed by atoms with Gasteiger partial charge >= 0.3 is 0 Å². The second-order valence-electron chi connectivity index (χ2n) is 4.08. The van der Waals surface area contributed by atoms with Crippen LogP contribution in [0.3, 0.4) is 0 Å². The molecule has 100 valence electrons. The van der Waals surface area contributed by atoms with Gasteiger partial charge in [-0.15, -0.1) is 0 Å². The maximum absolute atomic E-state index is 10.9. The lowest BCUT2D eigenvalue weighted by Crippen LogP contribution is -2.02. The average Bonchev–Trinajstić information content (AvgIpc) is 2.45. The molecule has 20 heavy (non-hydrogen) atoms. The van der Waals surface area contributed by atoms with E-state index in [2.05, 4.69) is 5.32 Å². The monoisotopic (exact) mass is 287 g/mol. The molecule has 0 bridgehead atoms. The minimum Gasteiger partial charge on any atom is -0.375 e. The molecule has 0 aliphatic carbocycles. The minimum atomic E-state index is -0.468. The van der Waals surface area contributed by atoms with E-state index in [0.29, 0.717) is 22.8 Å². The van der Waals surface area contributed by atoms with Crippen LogP contribution in [0.4, 0.5) is 11.4 Å². The second kappa shape index (κ2) is 6.04. The van der Waals surface area contributed by atoms with Gasteiger partial charge in [-0.3, -0.25) is 10.1 Å². The lowest BCUT2D eigenvalue weighted by atomic mass is 10.1. The van der Waals surface area contributed by atoms with E-state index in [1.165, 1.54) is 18.2 Å². The SMILES string of the molecule is N#Cc1cccc(CNc2cc(Cl)ccc2[N+](=O)[O-])c1. The third kappa shape index (κ3) is 3.25. The van der Waals surface area contributed by atoms with Crippen LogP contribution in [0.5, 0.6) is 0 Å². The first kappa shape index (κ1) is 13.8. The maximum atomic E-state index is 10.9. The van der Waals surface area contributed by atoms with Gasteiger partial charge in [0.05, 0.1) is 16.6 Å². The van der Waals surface area contributed by atoms with E-state index < -0.39 is 4.92 Å². The van der Waals surface area contributed by atoms with Crippen LogP contribution in [0.15, 0.2) is 42.5 Å². The molecule has 0 aliphatic heterocycles. The summed E-state index contributed by atoms with van der Waals surface area (Å²) in [5, 5.41) is 23.1. The largest absolute Gasteiger partial charge is 0.375 e. The Labute approximate surface area is 120 Å². The van der Waals surface area contributed by atoms with Crippen molar-refractivity contribution in [3.8, 4) is 6.07 Å². The molecule has 2 aromatic carbocycles. The van der Waals surface area contributed by atoms with Crippen LogP contribution in [0.1, 0.15) is 11.1 Å². The summed E-state index contributed by atoms with van der Waals surface area (Å²) >= 11 is 5.85. The van der Waals surface area contributed by atoms with Crippen molar-refractivity contribution < 1.29 is 4.92 Å². The molecule has 0 aromatic heterocycles. The first-order valence-corrected chi connectivity index (χ1v) is 6.15. The first-order valence-electron chi connectivity index (χ1n) is 5.77. The second-order valence-corrected chi connectivity index (χ2v) is 4.52. The van der Waals surface area contributed by atoms with Gasteiger partial charge in [-0.25, -0.2) is 0 Å². The Kier molecular flexibility index (Phi) is 4.18. The fraction of sp³-hybridized carbons (Fsp3) is 0.0714. The molecule has 0 aliphatic rings. The van der Waals surface area contributed by atoms with Gasteiger partial charge in [-0.05, 0) is 29.8 Å². The zero-order valence-electron chi connectivity index (χ0n) is 10.3. The molecule has 0 saturated carbocycles. The zero-order valence-corrected chi connectivity index (χ0v) is 11.1. The lowest BCUT2D eigenvalue weighted by molar-refractivity contribution is -0.384. The smallest absolute Gasteiger partial charge is 0.292 e.